The minimum Gasteiger partial charge on any atom is -0.343 e. The molecule has 4 rings (SSSR count). The number of carbonyl (C=O) groups is 1. The number of fused-ring (bicyclic) bond motifs is 1. The molecule has 1 saturated carbocycles. The normalized spacial score (nSPS) is 15.3. The lowest BCUT2D eigenvalue weighted by atomic mass is 10.1. The minimum atomic E-state index is 0.00181. The number of anilines is 2. The van der Waals surface area contributed by atoms with E-state index in [1.807, 2.05) is 31.3 Å². The first-order valence-corrected chi connectivity index (χ1v) is 10.3. The summed E-state index contributed by atoms with van der Waals surface area (Å²) in [6.45, 7) is 2.00. The van der Waals surface area contributed by atoms with Crippen molar-refractivity contribution in [2.75, 3.05) is 19.4 Å². The van der Waals surface area contributed by atoms with Crippen LogP contribution in [0, 0.1) is 6.92 Å². The third kappa shape index (κ3) is 4.09. The first-order chi connectivity index (χ1) is 14.0. The van der Waals surface area contributed by atoms with E-state index in [9.17, 15) is 4.79 Å². The lowest BCUT2D eigenvalue weighted by Crippen LogP contribution is -2.26. The molecule has 0 saturated heterocycles. The Balaban J connectivity index is 1.77. The minimum absolute atomic E-state index is 0.00181. The van der Waals surface area contributed by atoms with Gasteiger partial charge in [-0.05, 0) is 37.5 Å². The van der Waals surface area contributed by atoms with Crippen molar-refractivity contribution >= 4 is 28.7 Å². The molecule has 0 bridgehead atoms. The van der Waals surface area contributed by atoms with Crippen LogP contribution in [0.25, 0.3) is 11.0 Å². The predicted molar refractivity (Wildman–Crippen MR) is 115 cm³/mol. The summed E-state index contributed by atoms with van der Waals surface area (Å²) in [5, 5.41) is 4.08. The zero-order valence-corrected chi connectivity index (χ0v) is 17.4. The SMILES string of the molecule is Cc1ccc(Nc2ncc3cc(C(=O)N(C)C)n(C4CCCCCC4)c3n2)nc1. The van der Waals surface area contributed by atoms with E-state index in [1.165, 1.54) is 25.7 Å². The molecular formula is C22H28N6O. The van der Waals surface area contributed by atoms with E-state index < -0.39 is 0 Å². The van der Waals surface area contributed by atoms with Crippen LogP contribution in [0.4, 0.5) is 11.8 Å². The van der Waals surface area contributed by atoms with Crippen molar-refractivity contribution < 1.29 is 4.79 Å². The number of amides is 1. The van der Waals surface area contributed by atoms with E-state index in [0.717, 1.165) is 29.4 Å². The topological polar surface area (TPSA) is 75.9 Å². The standard InChI is InChI=1S/C22H28N6O/c1-15-10-11-19(23-13-15)25-22-24-14-16-12-18(21(29)27(2)3)28(20(16)26-22)17-8-6-4-5-7-9-17/h10-14,17H,4-9H2,1-3H3,(H,23,24,25,26). The van der Waals surface area contributed by atoms with Gasteiger partial charge in [0, 0.05) is 37.9 Å². The highest BCUT2D eigenvalue weighted by Crippen LogP contribution is 2.33. The van der Waals surface area contributed by atoms with Crippen LogP contribution in [-0.2, 0) is 0 Å². The summed E-state index contributed by atoms with van der Waals surface area (Å²) < 4.78 is 2.15. The van der Waals surface area contributed by atoms with E-state index in [2.05, 4.69) is 19.9 Å². The van der Waals surface area contributed by atoms with Crippen LogP contribution < -0.4 is 5.32 Å². The van der Waals surface area contributed by atoms with Crippen LogP contribution >= 0.6 is 0 Å². The maximum atomic E-state index is 12.9. The number of hydrogen-bond acceptors (Lipinski definition) is 5. The second-order valence-corrected chi connectivity index (χ2v) is 8.06. The monoisotopic (exact) mass is 392 g/mol. The van der Waals surface area contributed by atoms with Crippen LogP contribution in [-0.4, -0.2) is 44.4 Å². The Kier molecular flexibility index (Phi) is 5.47. The summed E-state index contributed by atoms with van der Waals surface area (Å²) in [5.74, 6) is 1.19. The zero-order valence-electron chi connectivity index (χ0n) is 17.4. The van der Waals surface area contributed by atoms with Gasteiger partial charge >= 0.3 is 0 Å². The van der Waals surface area contributed by atoms with Gasteiger partial charge in [-0.3, -0.25) is 4.79 Å². The molecule has 0 radical (unpaired) electrons. The highest BCUT2D eigenvalue weighted by molar-refractivity contribution is 5.97. The summed E-state index contributed by atoms with van der Waals surface area (Å²) >= 11 is 0. The van der Waals surface area contributed by atoms with Crippen LogP contribution in [0.2, 0.25) is 0 Å². The average molecular weight is 393 g/mol. The summed E-state index contributed by atoms with van der Waals surface area (Å²) in [6.07, 6.45) is 10.6. The van der Waals surface area contributed by atoms with Crippen molar-refractivity contribution in [3.05, 3.63) is 41.9 Å². The number of nitrogens with one attached hydrogen (secondary N) is 1. The number of nitrogens with zero attached hydrogens (tertiary/aromatic N) is 5. The van der Waals surface area contributed by atoms with E-state index in [0.29, 0.717) is 17.5 Å². The highest BCUT2D eigenvalue weighted by atomic mass is 16.2. The van der Waals surface area contributed by atoms with Gasteiger partial charge in [-0.2, -0.15) is 4.98 Å². The van der Waals surface area contributed by atoms with Crippen LogP contribution in [0.5, 0.6) is 0 Å². The van der Waals surface area contributed by atoms with Gasteiger partial charge in [0.05, 0.1) is 0 Å². The van der Waals surface area contributed by atoms with E-state index in [1.54, 1.807) is 25.2 Å². The molecule has 3 heterocycles. The van der Waals surface area contributed by atoms with Crippen molar-refractivity contribution in [2.24, 2.45) is 0 Å². The van der Waals surface area contributed by atoms with Gasteiger partial charge in [-0.15, -0.1) is 0 Å². The maximum absolute atomic E-state index is 12.9. The molecule has 1 N–H and O–H groups in total. The lowest BCUT2D eigenvalue weighted by Gasteiger charge is -2.21. The molecule has 0 aromatic carbocycles. The fraction of sp³-hybridized carbons (Fsp3) is 0.455. The van der Waals surface area contributed by atoms with Gasteiger partial charge in [-0.25, -0.2) is 9.97 Å². The number of rotatable bonds is 4. The first-order valence-electron chi connectivity index (χ1n) is 10.3. The fourth-order valence-corrected chi connectivity index (χ4v) is 4.00. The van der Waals surface area contributed by atoms with Crippen LogP contribution in [0.15, 0.2) is 30.6 Å². The number of aryl methyl sites for hydroxylation is 1. The zero-order chi connectivity index (χ0) is 20.4. The predicted octanol–water partition coefficient (Wildman–Crippen LogP) is 4.48. The van der Waals surface area contributed by atoms with E-state index >= 15 is 0 Å². The number of pyridine rings is 1. The Morgan fingerprint density at radius 2 is 1.86 bits per heavy atom. The highest BCUT2D eigenvalue weighted by Gasteiger charge is 2.25. The Bertz CT molecular complexity index is 1000. The molecule has 3 aromatic heterocycles. The van der Waals surface area contributed by atoms with Crippen molar-refractivity contribution in [2.45, 2.75) is 51.5 Å². The molecule has 152 valence electrons. The van der Waals surface area contributed by atoms with Crippen LogP contribution in [0.3, 0.4) is 0 Å². The van der Waals surface area contributed by atoms with Gasteiger partial charge in [0.1, 0.15) is 17.2 Å². The van der Waals surface area contributed by atoms with Gasteiger partial charge in [0.2, 0.25) is 5.95 Å². The van der Waals surface area contributed by atoms with E-state index in [-0.39, 0.29) is 11.9 Å². The second-order valence-electron chi connectivity index (χ2n) is 8.06. The van der Waals surface area contributed by atoms with Crippen molar-refractivity contribution in [1.82, 2.24) is 24.4 Å². The number of hydrogen-bond donors (Lipinski definition) is 1. The fourth-order valence-electron chi connectivity index (χ4n) is 4.00. The second kappa shape index (κ2) is 8.19. The summed E-state index contributed by atoms with van der Waals surface area (Å²) in [6, 6.07) is 6.12. The Labute approximate surface area is 171 Å². The molecule has 1 amide bonds. The molecule has 0 spiro atoms. The molecule has 1 fully saturated rings. The molecular weight excluding hydrogens is 364 g/mol. The first kappa shape index (κ1) is 19.4. The molecule has 1 aliphatic rings. The van der Waals surface area contributed by atoms with Gasteiger partial charge in [0.15, 0.2) is 0 Å². The molecule has 7 heteroatoms. The van der Waals surface area contributed by atoms with Crippen molar-refractivity contribution in [3.63, 3.8) is 0 Å². The molecule has 0 atom stereocenters. The Morgan fingerprint density at radius 3 is 2.52 bits per heavy atom. The molecule has 0 unspecified atom stereocenters. The summed E-state index contributed by atoms with van der Waals surface area (Å²) in [5.41, 5.74) is 2.60. The molecule has 29 heavy (non-hydrogen) atoms. The van der Waals surface area contributed by atoms with E-state index in [4.69, 9.17) is 4.98 Å². The van der Waals surface area contributed by atoms with Crippen LogP contribution in [0.1, 0.15) is 60.6 Å². The van der Waals surface area contributed by atoms with Crippen molar-refractivity contribution in [1.29, 1.82) is 0 Å². The quantitative estimate of drug-likeness (QED) is 0.663. The molecule has 0 aliphatic heterocycles. The third-order valence-corrected chi connectivity index (χ3v) is 5.54. The Morgan fingerprint density at radius 1 is 1.10 bits per heavy atom. The lowest BCUT2D eigenvalue weighted by molar-refractivity contribution is 0.0814. The molecule has 3 aromatic rings. The smallest absolute Gasteiger partial charge is 0.270 e. The largest absolute Gasteiger partial charge is 0.343 e. The molecule has 1 aliphatic carbocycles. The number of carbonyl (C=O) groups excluding carboxylic acids is 1. The summed E-state index contributed by atoms with van der Waals surface area (Å²) in [4.78, 5) is 28.1. The summed E-state index contributed by atoms with van der Waals surface area (Å²) in [7, 11) is 3.58. The van der Waals surface area contributed by atoms with Crippen molar-refractivity contribution in [3.8, 4) is 0 Å². The maximum Gasteiger partial charge on any atom is 0.270 e. The van der Waals surface area contributed by atoms with Gasteiger partial charge in [-0.1, -0.05) is 31.7 Å². The van der Waals surface area contributed by atoms with Gasteiger partial charge in [0.25, 0.3) is 5.91 Å². The third-order valence-electron chi connectivity index (χ3n) is 5.54. The number of aromatic nitrogens is 4. The van der Waals surface area contributed by atoms with Gasteiger partial charge < -0.3 is 14.8 Å². The average Bonchev–Trinajstić information content (AvgIpc) is 2.88. The molecule has 7 nitrogen and oxygen atoms in total. The Hall–Kier alpha value is -2.96.